The van der Waals surface area contributed by atoms with E-state index in [0.29, 0.717) is 0 Å². The summed E-state index contributed by atoms with van der Waals surface area (Å²) in [4.78, 5) is 35.8. The van der Waals surface area contributed by atoms with Gasteiger partial charge in [-0.15, -0.1) is 0 Å². The number of nitrogens with one attached hydrogen (secondary N) is 2. The molecule has 1 aliphatic carbocycles. The average Bonchev–Trinajstić information content (AvgIpc) is 3.06. The largest absolute Gasteiger partial charge is 0.449 e. The quantitative estimate of drug-likeness (QED) is 0.743. The lowest BCUT2D eigenvalue weighted by Gasteiger charge is -2.15. The lowest BCUT2D eigenvalue weighted by molar-refractivity contribution is -0.127. The Morgan fingerprint density at radius 1 is 1.12 bits per heavy atom. The molecule has 3 amide bonds. The van der Waals surface area contributed by atoms with E-state index < -0.39 is 33.8 Å². The van der Waals surface area contributed by atoms with E-state index >= 15 is 0 Å². The van der Waals surface area contributed by atoms with E-state index in [2.05, 4.69) is 10.6 Å². The van der Waals surface area contributed by atoms with Crippen molar-refractivity contribution in [3.05, 3.63) is 29.8 Å². The van der Waals surface area contributed by atoms with Crippen molar-refractivity contribution in [3.63, 3.8) is 0 Å². The summed E-state index contributed by atoms with van der Waals surface area (Å²) in [7, 11) is -3.37. The minimum atomic E-state index is -3.37. The van der Waals surface area contributed by atoms with Crippen LogP contribution in [-0.4, -0.2) is 44.7 Å². The van der Waals surface area contributed by atoms with Gasteiger partial charge < -0.3 is 10.1 Å². The molecule has 1 fully saturated rings. The fourth-order valence-electron chi connectivity index (χ4n) is 2.63. The molecule has 1 aliphatic rings. The molecule has 0 spiro atoms. The molecular weight excluding hydrogens is 360 g/mol. The molecule has 142 valence electrons. The van der Waals surface area contributed by atoms with Crippen LogP contribution in [0.3, 0.4) is 0 Å². The molecule has 1 atom stereocenters. The maximum absolute atomic E-state index is 12.0. The minimum Gasteiger partial charge on any atom is -0.449 e. The summed E-state index contributed by atoms with van der Waals surface area (Å²) in [5.41, 5.74) is 0.104. The van der Waals surface area contributed by atoms with Crippen LogP contribution in [0.25, 0.3) is 0 Å². The number of hydrogen-bond donors (Lipinski definition) is 2. The number of amides is 3. The molecule has 9 heteroatoms. The molecule has 0 heterocycles. The van der Waals surface area contributed by atoms with Gasteiger partial charge >= 0.3 is 12.0 Å². The maximum atomic E-state index is 12.0. The Morgan fingerprint density at radius 2 is 1.69 bits per heavy atom. The molecule has 0 aromatic heterocycles. The number of ether oxygens (including phenoxy) is 1. The SMILES string of the molecule is C[C@@H](OC(=O)c1ccc(S(C)(=O)=O)cc1)C(=O)NC(=O)NC1CCCC1. The number of benzene rings is 1. The molecule has 2 rings (SSSR count). The highest BCUT2D eigenvalue weighted by atomic mass is 32.2. The Labute approximate surface area is 152 Å². The zero-order chi connectivity index (χ0) is 19.3. The second-order valence-electron chi connectivity index (χ2n) is 6.29. The summed E-state index contributed by atoms with van der Waals surface area (Å²) in [5, 5.41) is 4.85. The molecule has 1 aromatic rings. The number of urea groups is 1. The third-order valence-corrected chi connectivity index (χ3v) is 5.23. The van der Waals surface area contributed by atoms with E-state index in [1.807, 2.05) is 0 Å². The van der Waals surface area contributed by atoms with Gasteiger partial charge in [-0.2, -0.15) is 0 Å². The van der Waals surface area contributed by atoms with Gasteiger partial charge in [0.15, 0.2) is 15.9 Å². The average molecular weight is 382 g/mol. The van der Waals surface area contributed by atoms with Gasteiger partial charge in [0.05, 0.1) is 10.5 Å². The molecule has 2 N–H and O–H groups in total. The van der Waals surface area contributed by atoms with Crippen molar-refractivity contribution in [2.24, 2.45) is 0 Å². The third kappa shape index (κ3) is 5.55. The van der Waals surface area contributed by atoms with Gasteiger partial charge in [0, 0.05) is 12.3 Å². The molecule has 8 nitrogen and oxygen atoms in total. The first-order valence-electron chi connectivity index (χ1n) is 8.29. The molecule has 0 saturated heterocycles. The van der Waals surface area contributed by atoms with Crippen molar-refractivity contribution in [1.29, 1.82) is 0 Å². The van der Waals surface area contributed by atoms with E-state index in [-0.39, 0.29) is 16.5 Å². The molecule has 0 unspecified atom stereocenters. The molecular formula is C17H22N2O6S. The van der Waals surface area contributed by atoms with E-state index in [9.17, 15) is 22.8 Å². The van der Waals surface area contributed by atoms with Crippen LogP contribution in [0.5, 0.6) is 0 Å². The van der Waals surface area contributed by atoms with Crippen LogP contribution in [0.4, 0.5) is 4.79 Å². The standard InChI is InChI=1S/C17H22N2O6S/c1-11(15(20)19-17(22)18-13-5-3-4-6-13)25-16(21)12-7-9-14(10-8-12)26(2,23)24/h7-11,13H,3-6H2,1-2H3,(H2,18,19,20,22)/t11-/m1/s1. The van der Waals surface area contributed by atoms with Crippen LogP contribution in [0, 0.1) is 0 Å². The van der Waals surface area contributed by atoms with E-state index in [0.717, 1.165) is 31.9 Å². The first-order valence-corrected chi connectivity index (χ1v) is 10.2. The highest BCUT2D eigenvalue weighted by molar-refractivity contribution is 7.90. The van der Waals surface area contributed by atoms with Gasteiger partial charge in [-0.05, 0) is 44.0 Å². The number of sulfone groups is 1. The Balaban J connectivity index is 1.87. The smallest absolute Gasteiger partial charge is 0.338 e. The number of carbonyl (C=O) groups is 3. The van der Waals surface area contributed by atoms with Crippen molar-refractivity contribution in [1.82, 2.24) is 10.6 Å². The van der Waals surface area contributed by atoms with Gasteiger partial charge in [-0.1, -0.05) is 12.8 Å². The van der Waals surface area contributed by atoms with Gasteiger partial charge in [-0.25, -0.2) is 18.0 Å². The lowest BCUT2D eigenvalue weighted by Crippen LogP contribution is -2.47. The van der Waals surface area contributed by atoms with Gasteiger partial charge in [0.2, 0.25) is 0 Å². The maximum Gasteiger partial charge on any atom is 0.338 e. The first-order chi connectivity index (χ1) is 12.2. The van der Waals surface area contributed by atoms with Crippen molar-refractivity contribution in [3.8, 4) is 0 Å². The van der Waals surface area contributed by atoms with Gasteiger partial charge in [0.25, 0.3) is 5.91 Å². The van der Waals surface area contributed by atoms with Crippen LogP contribution in [0.15, 0.2) is 29.2 Å². The second kappa shape index (κ2) is 8.31. The van der Waals surface area contributed by atoms with Crippen LogP contribution in [0.2, 0.25) is 0 Å². The zero-order valence-electron chi connectivity index (χ0n) is 14.7. The zero-order valence-corrected chi connectivity index (χ0v) is 15.5. The summed E-state index contributed by atoms with van der Waals surface area (Å²) in [6.45, 7) is 1.35. The fourth-order valence-corrected chi connectivity index (χ4v) is 3.26. The van der Waals surface area contributed by atoms with Crippen molar-refractivity contribution in [2.45, 2.75) is 49.6 Å². The second-order valence-corrected chi connectivity index (χ2v) is 8.30. The fraction of sp³-hybridized carbons (Fsp3) is 0.471. The molecule has 1 saturated carbocycles. The normalized spacial score (nSPS) is 15.9. The van der Waals surface area contributed by atoms with Crippen LogP contribution >= 0.6 is 0 Å². The van der Waals surface area contributed by atoms with Gasteiger partial charge in [-0.3, -0.25) is 10.1 Å². The van der Waals surface area contributed by atoms with E-state index in [4.69, 9.17) is 4.74 Å². The minimum absolute atomic E-state index is 0.0639. The summed E-state index contributed by atoms with van der Waals surface area (Å²) < 4.78 is 27.8. The number of esters is 1. The Kier molecular flexibility index (Phi) is 6.36. The molecule has 26 heavy (non-hydrogen) atoms. The summed E-state index contributed by atoms with van der Waals surface area (Å²) in [5.74, 6) is -1.52. The third-order valence-electron chi connectivity index (χ3n) is 4.10. The monoisotopic (exact) mass is 382 g/mol. The van der Waals surface area contributed by atoms with Crippen molar-refractivity contribution in [2.75, 3.05) is 6.26 Å². The predicted octanol–water partition coefficient (Wildman–Crippen LogP) is 1.40. The number of imide groups is 1. The number of carbonyl (C=O) groups excluding carboxylic acids is 3. The van der Waals surface area contributed by atoms with Crippen molar-refractivity contribution < 1.29 is 27.5 Å². The Hall–Kier alpha value is -2.42. The molecule has 0 aliphatic heterocycles. The summed E-state index contributed by atoms with van der Waals surface area (Å²) in [6, 6.07) is 4.63. The molecule has 1 aromatic carbocycles. The lowest BCUT2D eigenvalue weighted by atomic mass is 10.2. The molecule has 0 bridgehead atoms. The summed E-state index contributed by atoms with van der Waals surface area (Å²) in [6.07, 6.45) is 3.75. The predicted molar refractivity (Wildman–Crippen MR) is 93.4 cm³/mol. The number of hydrogen-bond acceptors (Lipinski definition) is 6. The van der Waals surface area contributed by atoms with Gasteiger partial charge in [0.1, 0.15) is 0 Å². The van der Waals surface area contributed by atoms with Crippen molar-refractivity contribution >= 4 is 27.7 Å². The van der Waals surface area contributed by atoms with Crippen LogP contribution in [-0.2, 0) is 19.4 Å². The van der Waals surface area contributed by atoms with Crippen LogP contribution < -0.4 is 10.6 Å². The van der Waals surface area contributed by atoms with E-state index in [1.165, 1.54) is 31.2 Å². The topological polar surface area (TPSA) is 119 Å². The van der Waals surface area contributed by atoms with E-state index in [1.54, 1.807) is 0 Å². The summed E-state index contributed by atoms with van der Waals surface area (Å²) >= 11 is 0. The Morgan fingerprint density at radius 3 is 2.23 bits per heavy atom. The van der Waals surface area contributed by atoms with Crippen LogP contribution in [0.1, 0.15) is 43.0 Å². The molecule has 0 radical (unpaired) electrons. The Bertz CT molecular complexity index is 782. The highest BCUT2D eigenvalue weighted by Gasteiger charge is 2.23. The highest BCUT2D eigenvalue weighted by Crippen LogP contribution is 2.17. The number of rotatable bonds is 5. The first kappa shape index (κ1) is 19.9.